The molecule has 35 heavy (non-hydrogen) atoms. The molecule has 176 valence electrons. The topological polar surface area (TPSA) is 73.0 Å². The lowest BCUT2D eigenvalue weighted by atomic mass is 10.1. The standard InChI is InChI=1S/C30H29N3O2/c1-4-6-8-9-10-11-12-13-14-15-16-17-18-19-20-21-25-33(26-22-23-31)28-30(35)29(34)27-32(3)24-7-5-2/h1,29-30,34-35H,5,7,22-24,26-28,31H2,2-3H3. The third-order valence-electron chi connectivity index (χ3n) is 4.04. The van der Waals surface area contributed by atoms with Crippen molar-refractivity contribution >= 4 is 0 Å². The molecule has 0 spiro atoms. The fourth-order valence-electron chi connectivity index (χ4n) is 2.33. The summed E-state index contributed by atoms with van der Waals surface area (Å²) in [5, 5.41) is 20.7. The number of terminal acetylenes is 1. The predicted octanol–water partition coefficient (Wildman–Crippen LogP) is -0.291. The third kappa shape index (κ3) is 20.0. The summed E-state index contributed by atoms with van der Waals surface area (Å²) in [5.41, 5.74) is 5.58. The second-order valence-corrected chi connectivity index (χ2v) is 6.97. The number of nitrogens with zero attached hydrogens (tertiary/aromatic N) is 2. The Balaban J connectivity index is 4.81. The fraction of sp³-hybridized carbons (Fsp3) is 0.400. The van der Waals surface area contributed by atoms with Crippen LogP contribution in [-0.2, 0) is 0 Å². The molecule has 0 aromatic heterocycles. The van der Waals surface area contributed by atoms with Crippen molar-refractivity contribution in [2.75, 3.05) is 39.8 Å². The first kappa shape index (κ1) is 30.7. The number of likely N-dealkylation sites (N-methyl/N-ethyl adjacent to an activating group) is 1. The third-order valence-corrected chi connectivity index (χ3v) is 4.04. The van der Waals surface area contributed by atoms with E-state index in [4.69, 9.17) is 12.2 Å². The van der Waals surface area contributed by atoms with Gasteiger partial charge in [-0.3, -0.25) is 0 Å². The highest BCUT2D eigenvalue weighted by Gasteiger charge is 2.20. The van der Waals surface area contributed by atoms with Gasteiger partial charge in [-0.05, 0) is 80.3 Å². The first-order valence-electron chi connectivity index (χ1n) is 11.0. The number of rotatable bonds is 11. The molecule has 0 saturated heterocycles. The molecule has 0 aromatic rings. The van der Waals surface area contributed by atoms with E-state index in [1.807, 2.05) is 11.9 Å². The molecule has 0 bridgehead atoms. The summed E-state index contributed by atoms with van der Waals surface area (Å²) in [5.74, 6) is 39.8. The summed E-state index contributed by atoms with van der Waals surface area (Å²) in [4.78, 5) is 3.71. The summed E-state index contributed by atoms with van der Waals surface area (Å²) in [6, 6.07) is 2.87. The Morgan fingerprint density at radius 2 is 1.14 bits per heavy atom. The molecule has 0 aliphatic carbocycles. The molecule has 0 aromatic carbocycles. The highest BCUT2D eigenvalue weighted by atomic mass is 16.3. The van der Waals surface area contributed by atoms with E-state index in [1.165, 1.54) is 0 Å². The largest absolute Gasteiger partial charge is 0.389 e. The van der Waals surface area contributed by atoms with Gasteiger partial charge >= 0.3 is 0 Å². The fourth-order valence-corrected chi connectivity index (χ4v) is 2.33. The van der Waals surface area contributed by atoms with Crippen LogP contribution in [-0.4, -0.2) is 72.0 Å². The lowest BCUT2D eigenvalue weighted by Crippen LogP contribution is -2.43. The smallest absolute Gasteiger partial charge is 0.0993 e. The van der Waals surface area contributed by atoms with Crippen LogP contribution in [0.15, 0.2) is 0 Å². The minimum absolute atomic E-state index is 0.195. The van der Waals surface area contributed by atoms with E-state index in [0.29, 0.717) is 26.1 Å². The first-order valence-corrected chi connectivity index (χ1v) is 11.0. The maximum Gasteiger partial charge on any atom is 0.0993 e. The van der Waals surface area contributed by atoms with Crippen LogP contribution in [0.1, 0.15) is 26.2 Å². The number of aliphatic hydroxyl groups is 2. The van der Waals surface area contributed by atoms with Gasteiger partial charge in [0.2, 0.25) is 0 Å². The molecule has 0 saturated carbocycles. The van der Waals surface area contributed by atoms with Gasteiger partial charge < -0.3 is 25.7 Å². The van der Waals surface area contributed by atoms with Gasteiger partial charge in [0, 0.05) is 66.5 Å². The molecule has 0 heterocycles. The van der Waals surface area contributed by atoms with Crippen molar-refractivity contribution in [2.45, 2.75) is 38.4 Å². The van der Waals surface area contributed by atoms with Crippen molar-refractivity contribution in [2.24, 2.45) is 5.73 Å². The number of hydrogen-bond acceptors (Lipinski definition) is 5. The molecule has 0 aliphatic heterocycles. The van der Waals surface area contributed by atoms with Crippen molar-refractivity contribution in [3.63, 3.8) is 0 Å². The molecule has 5 nitrogen and oxygen atoms in total. The quantitative estimate of drug-likeness (QED) is 0.290. The minimum Gasteiger partial charge on any atom is -0.389 e. The number of hydrogen-bond donors (Lipinski definition) is 3. The normalized spacial score (nSPS) is 9.51. The highest BCUT2D eigenvalue weighted by molar-refractivity contribution is 5.46. The van der Waals surface area contributed by atoms with E-state index in [2.05, 4.69) is 108 Å². The SMILES string of the molecule is C#CC#CC#CC#CC#CC#CC#CC#CC#CN(CCCN)CC(O)C(O)CN(C)CCCC. The van der Waals surface area contributed by atoms with Gasteiger partial charge in [-0.15, -0.1) is 6.42 Å². The van der Waals surface area contributed by atoms with Crippen LogP contribution in [0.2, 0.25) is 0 Å². The van der Waals surface area contributed by atoms with Crippen molar-refractivity contribution in [3.05, 3.63) is 0 Å². The predicted molar refractivity (Wildman–Crippen MR) is 141 cm³/mol. The average molecular weight is 464 g/mol. The molecular formula is C30H29N3O2. The number of nitrogens with two attached hydrogens (primary N) is 1. The summed E-state index contributed by atoms with van der Waals surface area (Å²) in [6.45, 7) is 4.63. The van der Waals surface area contributed by atoms with Crippen LogP contribution in [0.3, 0.4) is 0 Å². The first-order chi connectivity index (χ1) is 17.0. The molecule has 0 rings (SSSR count). The molecule has 2 unspecified atom stereocenters. The van der Waals surface area contributed by atoms with E-state index in [1.54, 1.807) is 4.90 Å². The monoisotopic (exact) mass is 463 g/mol. The van der Waals surface area contributed by atoms with Crippen LogP contribution in [0.4, 0.5) is 0 Å². The summed E-state index contributed by atoms with van der Waals surface area (Å²) in [7, 11) is 1.93. The molecule has 4 N–H and O–H groups in total. The van der Waals surface area contributed by atoms with Crippen LogP contribution in [0.25, 0.3) is 0 Å². The molecule has 2 atom stereocenters. The zero-order valence-corrected chi connectivity index (χ0v) is 20.3. The van der Waals surface area contributed by atoms with Gasteiger partial charge in [0.25, 0.3) is 0 Å². The van der Waals surface area contributed by atoms with E-state index < -0.39 is 12.2 Å². The summed E-state index contributed by atoms with van der Waals surface area (Å²) < 4.78 is 0. The number of aliphatic hydroxyl groups excluding tert-OH is 2. The van der Waals surface area contributed by atoms with E-state index >= 15 is 0 Å². The van der Waals surface area contributed by atoms with Crippen LogP contribution in [0.5, 0.6) is 0 Å². The van der Waals surface area contributed by atoms with Gasteiger partial charge in [0.05, 0.1) is 18.8 Å². The van der Waals surface area contributed by atoms with E-state index in [9.17, 15) is 10.2 Å². The van der Waals surface area contributed by atoms with Crippen LogP contribution in [0, 0.1) is 107 Å². The Hall–Kier alpha value is -4.32. The second kappa shape index (κ2) is 22.9. The van der Waals surface area contributed by atoms with Crippen molar-refractivity contribution in [3.8, 4) is 107 Å². The van der Waals surface area contributed by atoms with E-state index in [0.717, 1.165) is 19.4 Å². The molecule has 0 aliphatic rings. The highest BCUT2D eigenvalue weighted by Crippen LogP contribution is 2.02. The summed E-state index contributed by atoms with van der Waals surface area (Å²) >= 11 is 0. The maximum atomic E-state index is 10.4. The van der Waals surface area contributed by atoms with Gasteiger partial charge in [0.1, 0.15) is 0 Å². The molecule has 0 radical (unpaired) electrons. The van der Waals surface area contributed by atoms with E-state index in [-0.39, 0.29) is 6.54 Å². The average Bonchev–Trinajstić information content (AvgIpc) is 2.85. The van der Waals surface area contributed by atoms with Gasteiger partial charge in [-0.1, -0.05) is 13.3 Å². The Bertz CT molecular complexity index is 1200. The zero-order valence-electron chi connectivity index (χ0n) is 20.3. The zero-order chi connectivity index (χ0) is 26.0. The van der Waals surface area contributed by atoms with Crippen molar-refractivity contribution < 1.29 is 10.2 Å². The van der Waals surface area contributed by atoms with Gasteiger partial charge in [-0.2, -0.15) is 0 Å². The Morgan fingerprint density at radius 3 is 1.60 bits per heavy atom. The van der Waals surface area contributed by atoms with Gasteiger partial charge in [0.15, 0.2) is 0 Å². The molecule has 5 heteroatoms. The van der Waals surface area contributed by atoms with Crippen LogP contribution < -0.4 is 5.73 Å². The lowest BCUT2D eigenvalue weighted by Gasteiger charge is -2.27. The molecule has 0 amide bonds. The van der Waals surface area contributed by atoms with Crippen molar-refractivity contribution in [1.82, 2.24) is 9.80 Å². The van der Waals surface area contributed by atoms with Gasteiger partial charge in [-0.25, -0.2) is 0 Å². The maximum absolute atomic E-state index is 10.4. The van der Waals surface area contributed by atoms with Crippen LogP contribution >= 0.6 is 0 Å². The lowest BCUT2D eigenvalue weighted by molar-refractivity contribution is -0.00896. The molecular weight excluding hydrogens is 434 g/mol. The van der Waals surface area contributed by atoms with Crippen molar-refractivity contribution in [1.29, 1.82) is 0 Å². The minimum atomic E-state index is -0.936. The molecule has 0 fully saturated rings. The Labute approximate surface area is 211 Å². The second-order valence-electron chi connectivity index (χ2n) is 6.97. The Kier molecular flexibility index (Phi) is 20.0. The Morgan fingerprint density at radius 1 is 0.686 bits per heavy atom. The summed E-state index contributed by atoms with van der Waals surface area (Å²) in [6.07, 6.45) is 5.96. The number of unbranched alkanes of at least 4 members (excludes halogenated alkanes) is 1.